The second kappa shape index (κ2) is 11.5. The van der Waals surface area contributed by atoms with E-state index in [1.165, 1.54) is 0 Å². The third-order valence-corrected chi connectivity index (χ3v) is 7.47. The van der Waals surface area contributed by atoms with Crippen LogP contribution in [0.25, 0.3) is 28.2 Å². The SMILES string of the molecule is COc1cccc(-c2c(CCc3cccnc3)cc3c(N)nc(-c4ccc(Oc5ccc(Cl)c(Cl)c5)cc4)nn23)c1. The summed E-state index contributed by atoms with van der Waals surface area (Å²) in [6.07, 6.45) is 5.27. The molecule has 0 radical (unpaired) electrons. The molecule has 3 aromatic carbocycles. The highest BCUT2D eigenvalue weighted by Crippen LogP contribution is 2.34. The summed E-state index contributed by atoms with van der Waals surface area (Å²) in [4.78, 5) is 8.90. The van der Waals surface area contributed by atoms with Crippen molar-refractivity contribution >= 4 is 34.5 Å². The number of hydrogen-bond donors (Lipinski definition) is 1. The van der Waals surface area contributed by atoms with E-state index in [0.717, 1.165) is 52.1 Å². The third kappa shape index (κ3) is 5.68. The van der Waals surface area contributed by atoms with Crippen molar-refractivity contribution in [3.05, 3.63) is 118 Å². The van der Waals surface area contributed by atoms with E-state index in [1.807, 2.05) is 65.3 Å². The van der Waals surface area contributed by atoms with Crippen LogP contribution in [-0.2, 0) is 12.8 Å². The topological polar surface area (TPSA) is 87.6 Å². The van der Waals surface area contributed by atoms with Crippen LogP contribution in [0.15, 0.2) is 97.3 Å². The fourth-order valence-corrected chi connectivity index (χ4v) is 4.98. The van der Waals surface area contributed by atoms with Crippen molar-refractivity contribution in [1.82, 2.24) is 19.6 Å². The Morgan fingerprint density at radius 2 is 1.63 bits per heavy atom. The minimum atomic E-state index is 0.392. The molecule has 41 heavy (non-hydrogen) atoms. The molecule has 204 valence electrons. The summed E-state index contributed by atoms with van der Waals surface area (Å²) in [6, 6.07) is 26.6. The molecule has 6 rings (SSSR count). The molecule has 2 N–H and O–H groups in total. The average Bonchev–Trinajstić information content (AvgIpc) is 3.38. The first-order valence-electron chi connectivity index (χ1n) is 12.9. The van der Waals surface area contributed by atoms with Crippen LogP contribution in [0.1, 0.15) is 11.1 Å². The molecule has 0 aliphatic rings. The maximum absolute atomic E-state index is 6.52. The van der Waals surface area contributed by atoms with Crippen molar-refractivity contribution in [2.75, 3.05) is 12.8 Å². The van der Waals surface area contributed by atoms with Crippen molar-refractivity contribution in [2.24, 2.45) is 0 Å². The molecule has 0 spiro atoms. The first kappa shape index (κ1) is 26.6. The molecule has 0 fully saturated rings. The standard InChI is InChI=1S/C32H25Cl2N5O2/c1-40-25-6-2-5-22(16-25)30-23(8-7-20-4-3-15-36-19-20)17-29-31(35)37-32(38-39(29)30)21-9-11-24(12-10-21)41-26-13-14-27(33)28(34)18-26/h2-6,9-19H,7-8H2,1H3,(H2,35,37,38). The molecule has 0 aliphatic heterocycles. The lowest BCUT2D eigenvalue weighted by Gasteiger charge is -2.11. The van der Waals surface area contributed by atoms with Crippen LogP contribution in [0, 0.1) is 0 Å². The number of fused-ring (bicyclic) bond motifs is 1. The van der Waals surface area contributed by atoms with Gasteiger partial charge in [0.15, 0.2) is 11.6 Å². The van der Waals surface area contributed by atoms with E-state index in [0.29, 0.717) is 33.2 Å². The maximum Gasteiger partial charge on any atom is 0.182 e. The summed E-state index contributed by atoms with van der Waals surface area (Å²) in [6.45, 7) is 0. The zero-order chi connectivity index (χ0) is 28.3. The van der Waals surface area contributed by atoms with Gasteiger partial charge in [0.1, 0.15) is 22.8 Å². The molecule has 0 unspecified atom stereocenters. The van der Waals surface area contributed by atoms with E-state index in [4.69, 9.17) is 43.5 Å². The van der Waals surface area contributed by atoms with Gasteiger partial charge in [-0.15, -0.1) is 5.10 Å². The molecule has 0 amide bonds. The van der Waals surface area contributed by atoms with Gasteiger partial charge >= 0.3 is 0 Å². The third-order valence-electron chi connectivity index (χ3n) is 6.73. The van der Waals surface area contributed by atoms with Gasteiger partial charge in [0.25, 0.3) is 0 Å². The van der Waals surface area contributed by atoms with Crippen molar-refractivity contribution in [3.63, 3.8) is 0 Å². The van der Waals surface area contributed by atoms with Crippen molar-refractivity contribution in [3.8, 4) is 39.9 Å². The predicted molar refractivity (Wildman–Crippen MR) is 163 cm³/mol. The lowest BCUT2D eigenvalue weighted by Crippen LogP contribution is -2.04. The monoisotopic (exact) mass is 581 g/mol. The summed E-state index contributed by atoms with van der Waals surface area (Å²) in [7, 11) is 1.66. The predicted octanol–water partition coefficient (Wildman–Crippen LogP) is 7.93. The molecule has 7 nitrogen and oxygen atoms in total. The molecule has 0 aliphatic carbocycles. The maximum atomic E-state index is 6.52. The molecule has 3 aromatic heterocycles. The lowest BCUT2D eigenvalue weighted by atomic mass is 10.0. The molecular weight excluding hydrogens is 557 g/mol. The highest BCUT2D eigenvalue weighted by molar-refractivity contribution is 6.42. The van der Waals surface area contributed by atoms with Gasteiger partial charge in [0.05, 0.1) is 22.8 Å². The summed E-state index contributed by atoms with van der Waals surface area (Å²) in [5, 5.41) is 5.85. The number of nitrogens with two attached hydrogens (primary N) is 1. The normalized spacial score (nSPS) is 11.1. The Labute approximate surface area is 247 Å². The van der Waals surface area contributed by atoms with E-state index in [9.17, 15) is 0 Å². The minimum Gasteiger partial charge on any atom is -0.497 e. The number of hydrogen-bond acceptors (Lipinski definition) is 6. The van der Waals surface area contributed by atoms with Crippen LogP contribution in [0.5, 0.6) is 17.2 Å². The molecular formula is C32H25Cl2N5O2. The number of nitrogens with zero attached hydrogens (tertiary/aromatic N) is 4. The Balaban J connectivity index is 1.38. The molecule has 3 heterocycles. The zero-order valence-corrected chi connectivity index (χ0v) is 23.6. The van der Waals surface area contributed by atoms with E-state index < -0.39 is 0 Å². The molecule has 0 bridgehead atoms. The number of ether oxygens (including phenoxy) is 2. The van der Waals surface area contributed by atoms with Crippen LogP contribution in [0.4, 0.5) is 5.82 Å². The number of pyridine rings is 1. The number of nitrogen functional groups attached to an aromatic ring is 1. The summed E-state index contributed by atoms with van der Waals surface area (Å²) >= 11 is 12.1. The molecule has 0 atom stereocenters. The Morgan fingerprint density at radius 1 is 0.805 bits per heavy atom. The van der Waals surface area contributed by atoms with Crippen molar-refractivity contribution < 1.29 is 9.47 Å². The Morgan fingerprint density at radius 3 is 2.39 bits per heavy atom. The van der Waals surface area contributed by atoms with E-state index in [1.54, 1.807) is 31.5 Å². The van der Waals surface area contributed by atoms with Crippen LogP contribution in [-0.4, -0.2) is 26.7 Å². The van der Waals surface area contributed by atoms with Crippen LogP contribution < -0.4 is 15.2 Å². The quantitative estimate of drug-likeness (QED) is 0.196. The van der Waals surface area contributed by atoms with Gasteiger partial charge in [-0.05, 0) is 84.6 Å². The lowest BCUT2D eigenvalue weighted by molar-refractivity contribution is 0.415. The van der Waals surface area contributed by atoms with Crippen LogP contribution in [0.3, 0.4) is 0 Å². The van der Waals surface area contributed by atoms with Crippen molar-refractivity contribution in [2.45, 2.75) is 12.8 Å². The highest BCUT2D eigenvalue weighted by atomic mass is 35.5. The molecule has 0 saturated heterocycles. The molecule has 6 aromatic rings. The fourth-order valence-electron chi connectivity index (χ4n) is 4.69. The number of anilines is 1. The van der Waals surface area contributed by atoms with Gasteiger partial charge in [0, 0.05) is 29.6 Å². The molecule has 0 saturated carbocycles. The van der Waals surface area contributed by atoms with Gasteiger partial charge in [-0.25, -0.2) is 9.50 Å². The number of methoxy groups -OCH3 is 1. The van der Waals surface area contributed by atoms with Crippen molar-refractivity contribution in [1.29, 1.82) is 0 Å². The van der Waals surface area contributed by atoms with Crippen LogP contribution >= 0.6 is 23.2 Å². The van der Waals surface area contributed by atoms with Gasteiger partial charge in [-0.3, -0.25) is 4.98 Å². The number of halogens is 2. The van der Waals surface area contributed by atoms with Gasteiger partial charge in [0.2, 0.25) is 0 Å². The summed E-state index contributed by atoms with van der Waals surface area (Å²) in [5.74, 6) is 2.87. The summed E-state index contributed by atoms with van der Waals surface area (Å²) in [5.41, 5.74) is 12.2. The first-order valence-corrected chi connectivity index (χ1v) is 13.7. The Hall–Kier alpha value is -4.59. The van der Waals surface area contributed by atoms with Gasteiger partial charge in [-0.2, -0.15) is 0 Å². The fraction of sp³-hybridized carbons (Fsp3) is 0.0938. The second-order valence-electron chi connectivity index (χ2n) is 9.43. The number of rotatable bonds is 8. The highest BCUT2D eigenvalue weighted by Gasteiger charge is 2.18. The first-order chi connectivity index (χ1) is 20.0. The van der Waals surface area contributed by atoms with E-state index in [2.05, 4.69) is 22.1 Å². The van der Waals surface area contributed by atoms with Gasteiger partial charge in [-0.1, -0.05) is 41.4 Å². The smallest absolute Gasteiger partial charge is 0.182 e. The minimum absolute atomic E-state index is 0.392. The van der Waals surface area contributed by atoms with E-state index in [-0.39, 0.29) is 0 Å². The Kier molecular flexibility index (Phi) is 7.46. The zero-order valence-electron chi connectivity index (χ0n) is 22.1. The van der Waals surface area contributed by atoms with E-state index >= 15 is 0 Å². The largest absolute Gasteiger partial charge is 0.497 e. The van der Waals surface area contributed by atoms with Gasteiger partial charge < -0.3 is 15.2 Å². The number of aryl methyl sites for hydroxylation is 2. The summed E-state index contributed by atoms with van der Waals surface area (Å²) < 4.78 is 13.3. The van der Waals surface area contributed by atoms with Crippen LogP contribution in [0.2, 0.25) is 10.0 Å². The average molecular weight is 582 g/mol. The number of benzene rings is 3. The Bertz CT molecular complexity index is 1840. The number of aromatic nitrogens is 4. The molecule has 9 heteroatoms. The second-order valence-corrected chi connectivity index (χ2v) is 10.2.